The summed E-state index contributed by atoms with van der Waals surface area (Å²) in [5, 5.41) is 17.9. The van der Waals surface area contributed by atoms with Crippen LogP contribution in [0.25, 0.3) is 0 Å². The van der Waals surface area contributed by atoms with E-state index in [9.17, 15) is 0 Å². The number of ether oxygens (including phenoxy) is 2. The smallest absolute Gasteiger partial charge is 0.168 e. The molecule has 1 aliphatic carbocycles. The highest BCUT2D eigenvalue weighted by Gasteiger charge is 2.40. The molecule has 0 aliphatic heterocycles. The van der Waals surface area contributed by atoms with Gasteiger partial charge in [0.2, 0.25) is 0 Å². The Balaban J connectivity index is 2.73. The minimum atomic E-state index is -0.917. The van der Waals surface area contributed by atoms with E-state index < -0.39 is 12.2 Å². The van der Waals surface area contributed by atoms with Gasteiger partial charge in [-0.05, 0) is 0 Å². The van der Waals surface area contributed by atoms with Crippen LogP contribution in [0.1, 0.15) is 0 Å². The molecule has 0 spiro atoms. The Labute approximate surface area is 58.7 Å². The first-order chi connectivity index (χ1) is 4.72. The largest absolute Gasteiger partial charge is 0.495 e. The molecule has 0 amide bonds. The number of aliphatic hydroxyl groups is 2. The minimum Gasteiger partial charge on any atom is -0.495 e. The molecule has 0 saturated heterocycles. The first kappa shape index (κ1) is 7.37. The van der Waals surface area contributed by atoms with Gasteiger partial charge in [0.15, 0.2) is 11.5 Å². The fourth-order valence-corrected chi connectivity index (χ4v) is 0.925. The Bertz CT molecular complexity index is 145. The van der Waals surface area contributed by atoms with Gasteiger partial charge in [-0.2, -0.15) is 0 Å². The second-order valence-corrected chi connectivity index (χ2v) is 2.03. The van der Waals surface area contributed by atoms with E-state index in [1.165, 1.54) is 14.2 Å². The quantitative estimate of drug-likeness (QED) is 0.537. The first-order valence-electron chi connectivity index (χ1n) is 2.90. The normalized spacial score (nSPS) is 31.6. The van der Waals surface area contributed by atoms with Crippen LogP contribution >= 0.6 is 0 Å². The number of rotatable bonds is 2. The van der Waals surface area contributed by atoms with E-state index in [4.69, 9.17) is 19.7 Å². The SMILES string of the molecule is COC1=C(OC)C(O)C1O. The molecule has 0 aromatic heterocycles. The van der Waals surface area contributed by atoms with Crippen LogP contribution in [0.15, 0.2) is 11.5 Å². The molecular weight excluding hydrogens is 136 g/mol. The lowest BCUT2D eigenvalue weighted by atomic mass is 9.98. The van der Waals surface area contributed by atoms with Crippen molar-refractivity contribution in [1.29, 1.82) is 0 Å². The Hall–Kier alpha value is -0.740. The van der Waals surface area contributed by atoms with Gasteiger partial charge in [-0.25, -0.2) is 0 Å². The molecule has 2 N–H and O–H groups in total. The standard InChI is InChI=1S/C6H10O4/c1-9-5-3(7)4(8)6(5)10-2/h3-4,7-8H,1-2H3. The van der Waals surface area contributed by atoms with Gasteiger partial charge in [0.1, 0.15) is 12.2 Å². The van der Waals surface area contributed by atoms with Crippen molar-refractivity contribution in [2.75, 3.05) is 14.2 Å². The van der Waals surface area contributed by atoms with Crippen LogP contribution in [0.5, 0.6) is 0 Å². The van der Waals surface area contributed by atoms with Gasteiger partial charge in [0.25, 0.3) is 0 Å². The number of hydrogen-bond donors (Lipinski definition) is 2. The summed E-state index contributed by atoms with van der Waals surface area (Å²) < 4.78 is 9.43. The monoisotopic (exact) mass is 146 g/mol. The van der Waals surface area contributed by atoms with Gasteiger partial charge in [-0.1, -0.05) is 0 Å². The van der Waals surface area contributed by atoms with Crippen molar-refractivity contribution in [3.63, 3.8) is 0 Å². The zero-order valence-corrected chi connectivity index (χ0v) is 5.87. The lowest BCUT2D eigenvalue weighted by Crippen LogP contribution is -2.42. The molecule has 0 aromatic rings. The van der Waals surface area contributed by atoms with Gasteiger partial charge in [0.05, 0.1) is 14.2 Å². The van der Waals surface area contributed by atoms with E-state index in [0.717, 1.165) is 0 Å². The van der Waals surface area contributed by atoms with Crippen LogP contribution in [0.4, 0.5) is 0 Å². The molecular formula is C6H10O4. The summed E-state index contributed by atoms with van der Waals surface area (Å²) in [6, 6.07) is 0. The molecule has 0 fully saturated rings. The molecule has 0 saturated carbocycles. The fraction of sp³-hybridized carbons (Fsp3) is 0.667. The molecule has 58 valence electrons. The van der Waals surface area contributed by atoms with E-state index >= 15 is 0 Å². The van der Waals surface area contributed by atoms with Gasteiger partial charge < -0.3 is 19.7 Å². The topological polar surface area (TPSA) is 58.9 Å². The zero-order chi connectivity index (χ0) is 7.72. The summed E-state index contributed by atoms with van der Waals surface area (Å²) in [7, 11) is 2.84. The van der Waals surface area contributed by atoms with Crippen molar-refractivity contribution in [2.45, 2.75) is 12.2 Å². The predicted molar refractivity (Wildman–Crippen MR) is 33.1 cm³/mol. The summed E-state index contributed by atoms with van der Waals surface area (Å²) in [5.41, 5.74) is 0. The zero-order valence-electron chi connectivity index (χ0n) is 5.87. The van der Waals surface area contributed by atoms with Crippen LogP contribution in [-0.2, 0) is 9.47 Å². The second kappa shape index (κ2) is 2.48. The number of hydrogen-bond acceptors (Lipinski definition) is 4. The number of aliphatic hydroxyl groups excluding tert-OH is 2. The third-order valence-corrected chi connectivity index (χ3v) is 1.52. The van der Waals surface area contributed by atoms with Crippen LogP contribution in [0.3, 0.4) is 0 Å². The highest BCUT2D eigenvalue weighted by Crippen LogP contribution is 2.29. The summed E-state index contributed by atoms with van der Waals surface area (Å²) >= 11 is 0. The fourth-order valence-electron chi connectivity index (χ4n) is 0.925. The summed E-state index contributed by atoms with van der Waals surface area (Å²) in [5.74, 6) is 0.630. The van der Waals surface area contributed by atoms with E-state index in [2.05, 4.69) is 0 Å². The van der Waals surface area contributed by atoms with Crippen molar-refractivity contribution in [3.8, 4) is 0 Å². The highest BCUT2D eigenvalue weighted by atomic mass is 16.5. The Kier molecular flexibility index (Phi) is 1.82. The highest BCUT2D eigenvalue weighted by molar-refractivity contribution is 5.26. The number of methoxy groups -OCH3 is 2. The van der Waals surface area contributed by atoms with Crippen molar-refractivity contribution in [3.05, 3.63) is 11.5 Å². The molecule has 0 radical (unpaired) electrons. The molecule has 2 atom stereocenters. The minimum absolute atomic E-state index is 0.315. The molecule has 4 heteroatoms. The van der Waals surface area contributed by atoms with Crippen LogP contribution < -0.4 is 0 Å². The van der Waals surface area contributed by atoms with Crippen LogP contribution in [0.2, 0.25) is 0 Å². The van der Waals surface area contributed by atoms with Gasteiger partial charge >= 0.3 is 0 Å². The third kappa shape index (κ3) is 0.767. The molecule has 4 nitrogen and oxygen atoms in total. The average Bonchev–Trinajstić information content (AvgIpc) is 1.97. The van der Waals surface area contributed by atoms with Gasteiger partial charge in [-0.3, -0.25) is 0 Å². The van der Waals surface area contributed by atoms with Crippen LogP contribution in [-0.4, -0.2) is 36.6 Å². The molecule has 2 unspecified atom stereocenters. The molecule has 1 aliphatic rings. The molecule has 1 rings (SSSR count). The maximum Gasteiger partial charge on any atom is 0.168 e. The predicted octanol–water partition coefficient (Wildman–Crippen LogP) is -0.774. The van der Waals surface area contributed by atoms with Crippen LogP contribution in [0, 0.1) is 0 Å². The lowest BCUT2D eigenvalue weighted by Gasteiger charge is -2.31. The Morgan fingerprint density at radius 3 is 1.50 bits per heavy atom. The van der Waals surface area contributed by atoms with E-state index in [0.29, 0.717) is 11.5 Å². The van der Waals surface area contributed by atoms with Crippen molar-refractivity contribution in [1.82, 2.24) is 0 Å². The maximum atomic E-state index is 8.96. The molecule has 0 bridgehead atoms. The van der Waals surface area contributed by atoms with Crippen molar-refractivity contribution < 1.29 is 19.7 Å². The lowest BCUT2D eigenvalue weighted by molar-refractivity contribution is -0.0491. The van der Waals surface area contributed by atoms with Gasteiger partial charge in [-0.15, -0.1) is 0 Å². The average molecular weight is 146 g/mol. The summed E-state index contributed by atoms with van der Waals surface area (Å²) in [6.07, 6.45) is -1.83. The van der Waals surface area contributed by atoms with Crippen molar-refractivity contribution >= 4 is 0 Å². The first-order valence-corrected chi connectivity index (χ1v) is 2.90. The molecule has 0 aromatic carbocycles. The third-order valence-electron chi connectivity index (χ3n) is 1.52. The Morgan fingerprint density at radius 1 is 1.00 bits per heavy atom. The van der Waals surface area contributed by atoms with E-state index in [1.807, 2.05) is 0 Å². The maximum absolute atomic E-state index is 8.96. The van der Waals surface area contributed by atoms with E-state index in [-0.39, 0.29) is 0 Å². The molecule has 0 heterocycles. The second-order valence-electron chi connectivity index (χ2n) is 2.03. The summed E-state index contributed by atoms with van der Waals surface area (Å²) in [4.78, 5) is 0. The summed E-state index contributed by atoms with van der Waals surface area (Å²) in [6.45, 7) is 0. The van der Waals surface area contributed by atoms with E-state index in [1.54, 1.807) is 0 Å². The molecule has 10 heavy (non-hydrogen) atoms. The van der Waals surface area contributed by atoms with Crippen molar-refractivity contribution in [2.24, 2.45) is 0 Å². The Morgan fingerprint density at radius 2 is 1.30 bits per heavy atom. The van der Waals surface area contributed by atoms with Gasteiger partial charge in [0, 0.05) is 0 Å².